The van der Waals surface area contributed by atoms with Gasteiger partial charge in [0.05, 0.1) is 31.7 Å². The summed E-state index contributed by atoms with van der Waals surface area (Å²) in [5.74, 6) is 0.927. The number of rotatable bonds is 3. The lowest BCUT2D eigenvalue weighted by Crippen LogP contribution is -2.24. The van der Waals surface area contributed by atoms with Gasteiger partial charge in [-0.3, -0.25) is 9.69 Å². The van der Waals surface area contributed by atoms with E-state index in [0.29, 0.717) is 22.9 Å². The predicted octanol–water partition coefficient (Wildman–Crippen LogP) is 2.40. The van der Waals surface area contributed by atoms with Gasteiger partial charge in [0.15, 0.2) is 0 Å². The summed E-state index contributed by atoms with van der Waals surface area (Å²) in [6.07, 6.45) is 2.83. The third kappa shape index (κ3) is 2.24. The summed E-state index contributed by atoms with van der Waals surface area (Å²) >= 11 is 0. The molecule has 1 heterocycles. The monoisotopic (exact) mass is 270 g/mol. The Labute approximate surface area is 117 Å². The van der Waals surface area contributed by atoms with Crippen LogP contribution in [-0.2, 0) is 4.79 Å². The molecule has 0 unspecified atom stereocenters. The minimum absolute atomic E-state index is 0.212. The van der Waals surface area contributed by atoms with Gasteiger partial charge >= 0.3 is 0 Å². The maximum absolute atomic E-state index is 12.1. The van der Waals surface area contributed by atoms with Crippen LogP contribution >= 0.6 is 0 Å². The van der Waals surface area contributed by atoms with E-state index in [-0.39, 0.29) is 5.91 Å². The number of amides is 1. The highest BCUT2D eigenvalue weighted by atomic mass is 16.5. The molecule has 0 radical (unpaired) electrons. The second-order valence-electron chi connectivity index (χ2n) is 4.20. The zero-order chi connectivity index (χ0) is 14.7. The van der Waals surface area contributed by atoms with Gasteiger partial charge in [-0.25, -0.2) is 0 Å². The minimum Gasteiger partial charge on any atom is -0.497 e. The van der Waals surface area contributed by atoms with Crippen LogP contribution in [0.5, 0.6) is 11.5 Å². The first kappa shape index (κ1) is 13.7. The Kier molecular flexibility index (Phi) is 3.76. The molecule has 0 bridgehead atoms. The third-order valence-electron chi connectivity index (χ3n) is 3.03. The van der Waals surface area contributed by atoms with Gasteiger partial charge in [-0.1, -0.05) is 0 Å². The molecule has 1 aliphatic rings. The fraction of sp³-hybridized carbons (Fsp3) is 0.200. The Morgan fingerprint density at radius 1 is 1.30 bits per heavy atom. The summed E-state index contributed by atoms with van der Waals surface area (Å²) in [4.78, 5) is 13.6. The molecule has 102 valence electrons. The molecule has 2 rings (SSSR count). The van der Waals surface area contributed by atoms with Crippen molar-refractivity contribution in [1.29, 1.82) is 5.26 Å². The zero-order valence-electron chi connectivity index (χ0n) is 11.5. The van der Waals surface area contributed by atoms with Crippen molar-refractivity contribution in [2.24, 2.45) is 0 Å². The van der Waals surface area contributed by atoms with Crippen LogP contribution < -0.4 is 14.4 Å². The van der Waals surface area contributed by atoms with Gasteiger partial charge in [0.1, 0.15) is 11.5 Å². The number of carbonyl (C=O) groups is 1. The van der Waals surface area contributed by atoms with Gasteiger partial charge < -0.3 is 9.47 Å². The van der Waals surface area contributed by atoms with E-state index in [0.717, 1.165) is 5.57 Å². The van der Waals surface area contributed by atoms with Crippen LogP contribution in [0.2, 0.25) is 0 Å². The van der Waals surface area contributed by atoms with Crippen LogP contribution in [0, 0.1) is 11.3 Å². The molecular formula is C15H14N2O3. The molecular weight excluding hydrogens is 256 g/mol. The number of nitrogens with zero attached hydrogens (tertiary/aromatic N) is 2. The van der Waals surface area contributed by atoms with E-state index in [9.17, 15) is 4.79 Å². The molecule has 1 aromatic carbocycles. The molecule has 0 aromatic heterocycles. The lowest BCUT2D eigenvalue weighted by Gasteiger charge is -2.21. The van der Waals surface area contributed by atoms with Gasteiger partial charge in [0.2, 0.25) is 0 Å². The summed E-state index contributed by atoms with van der Waals surface area (Å²) in [6, 6.07) is 7.13. The first-order chi connectivity index (χ1) is 9.62. The van der Waals surface area contributed by atoms with Crippen molar-refractivity contribution in [3.8, 4) is 17.6 Å². The number of carbonyl (C=O) groups excluding carboxylic acids is 1. The van der Waals surface area contributed by atoms with E-state index in [4.69, 9.17) is 14.7 Å². The van der Waals surface area contributed by atoms with E-state index in [1.807, 2.05) is 6.07 Å². The van der Waals surface area contributed by atoms with Crippen LogP contribution in [0.3, 0.4) is 0 Å². The number of nitriles is 1. The second kappa shape index (κ2) is 5.49. The zero-order valence-corrected chi connectivity index (χ0v) is 11.5. The molecule has 20 heavy (non-hydrogen) atoms. The molecule has 0 spiro atoms. The summed E-state index contributed by atoms with van der Waals surface area (Å²) < 4.78 is 10.5. The maximum Gasteiger partial charge on any atom is 0.256 e. The highest BCUT2D eigenvalue weighted by Crippen LogP contribution is 2.38. The minimum atomic E-state index is -0.212. The fourth-order valence-electron chi connectivity index (χ4n) is 2.08. The lowest BCUT2D eigenvalue weighted by molar-refractivity contribution is -0.113. The van der Waals surface area contributed by atoms with Crippen molar-refractivity contribution in [2.45, 2.75) is 6.92 Å². The van der Waals surface area contributed by atoms with Crippen molar-refractivity contribution in [3.05, 3.63) is 41.6 Å². The summed E-state index contributed by atoms with van der Waals surface area (Å²) in [6.45, 7) is 1.79. The van der Waals surface area contributed by atoms with Crippen molar-refractivity contribution < 1.29 is 14.3 Å². The van der Waals surface area contributed by atoms with E-state index in [1.165, 1.54) is 24.2 Å². The standard InChI is InChI=1S/C15H14N2O3/c1-10-8-15(18)17(12(10)6-7-16)13-9-11(19-2)4-5-14(13)20-3/h4-6,8-9H,1-3H3. The summed E-state index contributed by atoms with van der Waals surface area (Å²) in [7, 11) is 3.08. The molecule has 1 aliphatic heterocycles. The first-order valence-electron chi connectivity index (χ1n) is 5.97. The van der Waals surface area contributed by atoms with E-state index >= 15 is 0 Å². The van der Waals surface area contributed by atoms with Crippen LogP contribution in [0.15, 0.2) is 41.6 Å². The molecule has 1 aromatic rings. The average Bonchev–Trinajstić information content (AvgIpc) is 2.73. The molecule has 5 heteroatoms. The number of methoxy groups -OCH3 is 2. The Morgan fingerprint density at radius 2 is 2.05 bits per heavy atom. The molecule has 0 saturated heterocycles. The van der Waals surface area contributed by atoms with Gasteiger partial charge in [0.25, 0.3) is 5.91 Å². The summed E-state index contributed by atoms with van der Waals surface area (Å²) in [5, 5.41) is 8.88. The average molecular weight is 270 g/mol. The number of hydrogen-bond acceptors (Lipinski definition) is 4. The Morgan fingerprint density at radius 3 is 2.65 bits per heavy atom. The van der Waals surface area contributed by atoms with Gasteiger partial charge in [-0.2, -0.15) is 5.26 Å². The third-order valence-corrected chi connectivity index (χ3v) is 3.03. The number of anilines is 1. The second-order valence-corrected chi connectivity index (χ2v) is 4.20. The highest BCUT2D eigenvalue weighted by molar-refractivity contribution is 6.10. The van der Waals surface area contributed by atoms with Crippen molar-refractivity contribution in [1.82, 2.24) is 0 Å². The molecule has 5 nitrogen and oxygen atoms in total. The summed E-state index contributed by atoms with van der Waals surface area (Å²) in [5.41, 5.74) is 1.83. The number of allylic oxidation sites excluding steroid dienone is 2. The Bertz CT molecular complexity index is 654. The number of benzene rings is 1. The van der Waals surface area contributed by atoms with Crippen molar-refractivity contribution in [2.75, 3.05) is 19.1 Å². The quantitative estimate of drug-likeness (QED) is 0.791. The number of ether oxygens (including phenoxy) is 2. The Hall–Kier alpha value is -2.74. The molecule has 0 N–H and O–H groups in total. The SMILES string of the molecule is COc1ccc(OC)c(N2C(=O)C=C(C)C2=CC#N)c1. The maximum atomic E-state index is 12.1. The van der Waals surface area contributed by atoms with E-state index < -0.39 is 0 Å². The highest BCUT2D eigenvalue weighted by Gasteiger charge is 2.29. The predicted molar refractivity (Wildman–Crippen MR) is 74.5 cm³/mol. The van der Waals surface area contributed by atoms with E-state index in [2.05, 4.69) is 0 Å². The normalized spacial score (nSPS) is 16.1. The topological polar surface area (TPSA) is 62.6 Å². The van der Waals surface area contributed by atoms with E-state index in [1.54, 1.807) is 32.2 Å². The van der Waals surface area contributed by atoms with Gasteiger partial charge in [-0.15, -0.1) is 0 Å². The molecule has 0 atom stereocenters. The molecule has 1 amide bonds. The van der Waals surface area contributed by atoms with Crippen molar-refractivity contribution >= 4 is 11.6 Å². The van der Waals surface area contributed by atoms with Crippen LogP contribution in [0.25, 0.3) is 0 Å². The largest absolute Gasteiger partial charge is 0.497 e. The van der Waals surface area contributed by atoms with Gasteiger partial charge in [-0.05, 0) is 24.6 Å². The smallest absolute Gasteiger partial charge is 0.256 e. The molecule has 0 aliphatic carbocycles. The van der Waals surface area contributed by atoms with Crippen LogP contribution in [-0.4, -0.2) is 20.1 Å². The lowest BCUT2D eigenvalue weighted by atomic mass is 10.2. The van der Waals surface area contributed by atoms with Crippen molar-refractivity contribution in [3.63, 3.8) is 0 Å². The fourth-order valence-corrected chi connectivity index (χ4v) is 2.08. The van der Waals surface area contributed by atoms with Crippen LogP contribution in [0.4, 0.5) is 5.69 Å². The first-order valence-corrected chi connectivity index (χ1v) is 5.97. The Balaban J connectivity index is 2.58. The number of hydrogen-bond donors (Lipinski definition) is 0. The molecule has 0 saturated carbocycles. The molecule has 0 fully saturated rings. The van der Waals surface area contributed by atoms with Gasteiger partial charge in [0, 0.05) is 18.2 Å². The van der Waals surface area contributed by atoms with Crippen LogP contribution in [0.1, 0.15) is 6.92 Å².